The maximum absolute atomic E-state index is 5.36. The highest BCUT2D eigenvalue weighted by molar-refractivity contribution is 5.50. The molecular formula is C12H18N6O. The van der Waals surface area contributed by atoms with Gasteiger partial charge in [0, 0.05) is 19.8 Å². The molecule has 19 heavy (non-hydrogen) atoms. The van der Waals surface area contributed by atoms with Crippen LogP contribution < -0.4 is 10.1 Å². The third-order valence-corrected chi connectivity index (χ3v) is 2.36. The van der Waals surface area contributed by atoms with Crippen LogP contribution in [0.25, 0.3) is 11.5 Å². The highest BCUT2D eigenvalue weighted by atomic mass is 16.5. The maximum atomic E-state index is 5.36. The zero-order chi connectivity index (χ0) is 13.7. The number of aryl methyl sites for hydroxylation is 1. The number of rotatable bonds is 6. The van der Waals surface area contributed by atoms with Crippen molar-refractivity contribution in [3.63, 3.8) is 0 Å². The summed E-state index contributed by atoms with van der Waals surface area (Å²) in [6, 6.07) is 2.17. The molecule has 0 atom stereocenters. The summed E-state index contributed by atoms with van der Waals surface area (Å²) in [5.41, 5.74) is 0.699. The first-order valence-electron chi connectivity index (χ1n) is 6.35. The van der Waals surface area contributed by atoms with E-state index >= 15 is 0 Å². The monoisotopic (exact) mass is 262 g/mol. The zero-order valence-corrected chi connectivity index (χ0v) is 11.4. The zero-order valence-electron chi connectivity index (χ0n) is 11.4. The molecule has 2 aromatic heterocycles. The second-order valence-electron chi connectivity index (χ2n) is 4.00. The van der Waals surface area contributed by atoms with Gasteiger partial charge in [0.05, 0.1) is 6.61 Å². The lowest BCUT2D eigenvalue weighted by Crippen LogP contribution is -2.09. The molecule has 0 aliphatic carbocycles. The smallest absolute Gasteiger partial charge is 0.321 e. The van der Waals surface area contributed by atoms with Crippen molar-refractivity contribution >= 4 is 5.95 Å². The summed E-state index contributed by atoms with van der Waals surface area (Å²) >= 11 is 0. The number of nitrogens with one attached hydrogen (secondary N) is 1. The van der Waals surface area contributed by atoms with Gasteiger partial charge in [-0.25, -0.2) is 0 Å². The maximum Gasteiger partial charge on any atom is 0.321 e. The molecule has 2 rings (SSSR count). The largest absolute Gasteiger partial charge is 0.464 e. The average Bonchev–Trinajstić information content (AvgIpc) is 2.83. The van der Waals surface area contributed by atoms with Crippen LogP contribution in [0.15, 0.2) is 12.3 Å². The van der Waals surface area contributed by atoms with Crippen LogP contribution in [0.2, 0.25) is 0 Å². The summed E-state index contributed by atoms with van der Waals surface area (Å²) in [4.78, 5) is 12.8. The van der Waals surface area contributed by atoms with Crippen molar-refractivity contribution in [3.05, 3.63) is 12.3 Å². The molecule has 7 heteroatoms. The van der Waals surface area contributed by atoms with E-state index < -0.39 is 0 Å². The summed E-state index contributed by atoms with van der Waals surface area (Å²) in [6.45, 7) is 5.29. The predicted octanol–water partition coefficient (Wildman–Crippen LogP) is 1.49. The van der Waals surface area contributed by atoms with Gasteiger partial charge in [0.1, 0.15) is 5.69 Å². The predicted molar refractivity (Wildman–Crippen MR) is 72.0 cm³/mol. The Hall–Kier alpha value is -2.18. The van der Waals surface area contributed by atoms with Gasteiger partial charge in [-0.2, -0.15) is 20.1 Å². The number of hydrogen-bond acceptors (Lipinski definition) is 6. The molecule has 0 radical (unpaired) electrons. The summed E-state index contributed by atoms with van der Waals surface area (Å²) < 4.78 is 7.07. The molecule has 1 N–H and O–H groups in total. The van der Waals surface area contributed by atoms with Crippen LogP contribution in [-0.4, -0.2) is 37.9 Å². The van der Waals surface area contributed by atoms with Crippen molar-refractivity contribution in [1.82, 2.24) is 24.7 Å². The van der Waals surface area contributed by atoms with E-state index in [0.29, 0.717) is 30.1 Å². The van der Waals surface area contributed by atoms with E-state index in [2.05, 4.69) is 32.3 Å². The van der Waals surface area contributed by atoms with Crippen LogP contribution >= 0.6 is 0 Å². The van der Waals surface area contributed by atoms with Gasteiger partial charge in [-0.1, -0.05) is 6.92 Å². The molecule has 0 bridgehead atoms. The summed E-state index contributed by atoms with van der Waals surface area (Å²) in [5.74, 6) is 1.03. The van der Waals surface area contributed by atoms with Crippen molar-refractivity contribution in [1.29, 1.82) is 0 Å². The normalized spacial score (nSPS) is 10.5. The fraction of sp³-hybridized carbons (Fsp3) is 0.500. The van der Waals surface area contributed by atoms with Crippen LogP contribution in [0.5, 0.6) is 6.01 Å². The van der Waals surface area contributed by atoms with Crippen LogP contribution in [0, 0.1) is 0 Å². The Balaban J connectivity index is 2.33. The molecule has 0 saturated heterocycles. The first-order chi connectivity index (χ1) is 9.22. The van der Waals surface area contributed by atoms with Crippen molar-refractivity contribution in [2.24, 2.45) is 7.05 Å². The second kappa shape index (κ2) is 6.12. The minimum Gasteiger partial charge on any atom is -0.464 e. The molecule has 0 aliphatic rings. The molecule has 7 nitrogen and oxygen atoms in total. The fourth-order valence-corrected chi connectivity index (χ4v) is 1.51. The average molecular weight is 262 g/mol. The van der Waals surface area contributed by atoms with Crippen LogP contribution in [0.3, 0.4) is 0 Å². The topological polar surface area (TPSA) is 77.8 Å². The Morgan fingerprint density at radius 3 is 2.74 bits per heavy atom. The highest BCUT2D eigenvalue weighted by Crippen LogP contribution is 2.16. The van der Waals surface area contributed by atoms with Crippen LogP contribution in [0.1, 0.15) is 20.3 Å². The summed E-state index contributed by atoms with van der Waals surface area (Å²) in [7, 11) is 1.85. The van der Waals surface area contributed by atoms with E-state index in [-0.39, 0.29) is 0 Å². The van der Waals surface area contributed by atoms with Gasteiger partial charge in [0.2, 0.25) is 5.95 Å². The third kappa shape index (κ3) is 3.40. The minimum absolute atomic E-state index is 0.316. The van der Waals surface area contributed by atoms with E-state index in [0.717, 1.165) is 13.0 Å². The van der Waals surface area contributed by atoms with Crippen LogP contribution in [-0.2, 0) is 7.05 Å². The molecule has 0 amide bonds. The standard InChI is InChI=1S/C12H18N6O/c1-4-7-13-11-14-10(9-6-8-18(3)17-9)15-12(16-11)19-5-2/h6,8H,4-5,7H2,1-3H3,(H,13,14,15,16). The first kappa shape index (κ1) is 13.3. The van der Waals surface area contributed by atoms with E-state index in [9.17, 15) is 0 Å². The quantitative estimate of drug-likeness (QED) is 0.850. The van der Waals surface area contributed by atoms with Gasteiger partial charge in [0.15, 0.2) is 5.82 Å². The molecule has 0 saturated carbocycles. The molecule has 0 spiro atoms. The lowest BCUT2D eigenvalue weighted by molar-refractivity contribution is 0.312. The Labute approximate surface area is 112 Å². The Kier molecular flexibility index (Phi) is 4.27. The number of nitrogens with zero attached hydrogens (tertiary/aromatic N) is 5. The van der Waals surface area contributed by atoms with E-state index in [1.807, 2.05) is 26.2 Å². The molecule has 0 aliphatic heterocycles. The fourth-order valence-electron chi connectivity index (χ4n) is 1.51. The SMILES string of the molecule is CCCNc1nc(OCC)nc(-c2ccn(C)n2)n1. The van der Waals surface area contributed by atoms with Crippen molar-refractivity contribution in [2.45, 2.75) is 20.3 Å². The Morgan fingerprint density at radius 1 is 1.26 bits per heavy atom. The first-order valence-corrected chi connectivity index (χ1v) is 6.35. The van der Waals surface area contributed by atoms with Crippen molar-refractivity contribution in [3.8, 4) is 17.5 Å². The summed E-state index contributed by atoms with van der Waals surface area (Å²) in [5, 5.41) is 7.42. The number of ether oxygens (including phenoxy) is 1. The minimum atomic E-state index is 0.316. The lowest BCUT2D eigenvalue weighted by atomic mass is 10.4. The number of hydrogen-bond donors (Lipinski definition) is 1. The third-order valence-electron chi connectivity index (χ3n) is 2.36. The Morgan fingerprint density at radius 2 is 2.11 bits per heavy atom. The number of anilines is 1. The second-order valence-corrected chi connectivity index (χ2v) is 4.00. The molecule has 2 aromatic rings. The van der Waals surface area contributed by atoms with Gasteiger partial charge in [-0.3, -0.25) is 4.68 Å². The molecule has 0 aromatic carbocycles. The lowest BCUT2D eigenvalue weighted by Gasteiger charge is -2.07. The summed E-state index contributed by atoms with van der Waals surface area (Å²) in [6.07, 6.45) is 2.84. The van der Waals surface area contributed by atoms with Crippen LogP contribution in [0.4, 0.5) is 5.95 Å². The van der Waals surface area contributed by atoms with Gasteiger partial charge in [0.25, 0.3) is 0 Å². The molecular weight excluding hydrogens is 244 g/mol. The molecule has 0 unspecified atom stereocenters. The molecule has 2 heterocycles. The number of aromatic nitrogens is 5. The van der Waals surface area contributed by atoms with E-state index in [4.69, 9.17) is 4.74 Å². The molecule has 0 fully saturated rings. The Bertz CT molecular complexity index is 539. The van der Waals surface area contributed by atoms with Gasteiger partial charge in [-0.05, 0) is 19.4 Å². The van der Waals surface area contributed by atoms with Gasteiger partial charge in [-0.15, -0.1) is 0 Å². The highest BCUT2D eigenvalue weighted by Gasteiger charge is 2.11. The van der Waals surface area contributed by atoms with Crippen molar-refractivity contribution in [2.75, 3.05) is 18.5 Å². The van der Waals surface area contributed by atoms with Gasteiger partial charge < -0.3 is 10.1 Å². The molecule has 102 valence electrons. The van der Waals surface area contributed by atoms with E-state index in [1.54, 1.807) is 4.68 Å². The van der Waals surface area contributed by atoms with Crippen molar-refractivity contribution < 1.29 is 4.74 Å². The van der Waals surface area contributed by atoms with Gasteiger partial charge >= 0.3 is 6.01 Å². The van der Waals surface area contributed by atoms with E-state index in [1.165, 1.54) is 0 Å².